The van der Waals surface area contributed by atoms with Crippen molar-refractivity contribution in [3.8, 4) is 5.75 Å². The smallest absolute Gasteiger partial charge is 0.154 e. The van der Waals surface area contributed by atoms with Crippen LogP contribution in [-0.2, 0) is 0 Å². The quantitative estimate of drug-likeness (QED) is 0.652. The third-order valence-corrected chi connectivity index (χ3v) is 3.63. The van der Waals surface area contributed by atoms with Gasteiger partial charge in [-0.25, -0.2) is 0 Å². The minimum atomic E-state index is 0.190. The second-order valence-corrected chi connectivity index (χ2v) is 4.69. The van der Waals surface area contributed by atoms with E-state index >= 15 is 0 Å². The molecule has 0 bridgehead atoms. The highest BCUT2D eigenvalue weighted by Gasteiger charge is 2.14. The van der Waals surface area contributed by atoms with E-state index in [1.54, 1.807) is 18.2 Å². The summed E-state index contributed by atoms with van der Waals surface area (Å²) in [5.74, 6) is 0.190. The molecular formula is C12H6BrClO2. The first-order valence-corrected chi connectivity index (χ1v) is 5.84. The lowest BCUT2D eigenvalue weighted by molar-refractivity contribution is 0.472. The Bertz CT molecular complexity index is 703. The fourth-order valence-corrected chi connectivity index (χ4v) is 2.56. The fourth-order valence-electron chi connectivity index (χ4n) is 1.80. The Morgan fingerprint density at radius 2 is 2.00 bits per heavy atom. The summed E-state index contributed by atoms with van der Waals surface area (Å²) in [7, 11) is 0. The lowest BCUT2D eigenvalue weighted by atomic mass is 10.1. The molecule has 0 saturated heterocycles. The molecule has 4 heteroatoms. The molecule has 0 fully saturated rings. The van der Waals surface area contributed by atoms with Crippen molar-refractivity contribution in [3.05, 3.63) is 39.8 Å². The number of benzene rings is 2. The highest BCUT2D eigenvalue weighted by Crippen LogP contribution is 2.40. The zero-order chi connectivity index (χ0) is 11.3. The standard InChI is InChI=1S/C12H6BrClO2/c13-11-8(15)4-5-9-10(11)6-2-1-3-7(14)12(6)16-9/h1-5,15H. The van der Waals surface area contributed by atoms with Gasteiger partial charge in [0.05, 0.1) is 9.50 Å². The minimum Gasteiger partial charge on any atom is -0.507 e. The first-order valence-electron chi connectivity index (χ1n) is 4.66. The largest absolute Gasteiger partial charge is 0.507 e. The zero-order valence-electron chi connectivity index (χ0n) is 8.00. The van der Waals surface area contributed by atoms with E-state index in [9.17, 15) is 5.11 Å². The monoisotopic (exact) mass is 296 g/mol. The third-order valence-electron chi connectivity index (χ3n) is 2.53. The van der Waals surface area contributed by atoms with Gasteiger partial charge in [0.25, 0.3) is 0 Å². The molecule has 0 unspecified atom stereocenters. The van der Waals surface area contributed by atoms with Gasteiger partial charge in [0.15, 0.2) is 5.58 Å². The highest BCUT2D eigenvalue weighted by molar-refractivity contribution is 9.10. The van der Waals surface area contributed by atoms with Crippen LogP contribution in [-0.4, -0.2) is 5.11 Å². The van der Waals surface area contributed by atoms with Gasteiger partial charge in [0.2, 0.25) is 0 Å². The van der Waals surface area contributed by atoms with Gasteiger partial charge < -0.3 is 9.52 Å². The van der Waals surface area contributed by atoms with Gasteiger partial charge in [-0.3, -0.25) is 0 Å². The third kappa shape index (κ3) is 1.25. The Morgan fingerprint density at radius 1 is 1.19 bits per heavy atom. The summed E-state index contributed by atoms with van der Waals surface area (Å²) in [6.07, 6.45) is 0. The Labute approximate surface area is 105 Å². The average molecular weight is 298 g/mol. The van der Waals surface area contributed by atoms with Gasteiger partial charge in [0, 0.05) is 10.8 Å². The summed E-state index contributed by atoms with van der Waals surface area (Å²) in [5, 5.41) is 12.0. The van der Waals surface area contributed by atoms with Crippen molar-refractivity contribution in [2.24, 2.45) is 0 Å². The fraction of sp³-hybridized carbons (Fsp3) is 0. The summed E-state index contributed by atoms with van der Waals surface area (Å²) in [5.41, 5.74) is 1.35. The summed E-state index contributed by atoms with van der Waals surface area (Å²) >= 11 is 9.40. The number of fused-ring (bicyclic) bond motifs is 3. The van der Waals surface area contributed by atoms with Crippen LogP contribution in [0.15, 0.2) is 39.2 Å². The molecule has 1 N–H and O–H groups in total. The van der Waals surface area contributed by atoms with Crippen LogP contribution >= 0.6 is 27.5 Å². The Hall–Kier alpha value is -1.19. The van der Waals surface area contributed by atoms with Crippen LogP contribution in [0.3, 0.4) is 0 Å². The van der Waals surface area contributed by atoms with Crippen LogP contribution in [0.25, 0.3) is 21.9 Å². The summed E-state index contributed by atoms with van der Waals surface area (Å²) < 4.78 is 6.28. The zero-order valence-corrected chi connectivity index (χ0v) is 10.3. The predicted octanol–water partition coefficient (Wildman–Crippen LogP) is 4.71. The second-order valence-electron chi connectivity index (χ2n) is 3.49. The van der Waals surface area contributed by atoms with Crippen molar-refractivity contribution < 1.29 is 9.52 Å². The van der Waals surface area contributed by atoms with Crippen molar-refractivity contribution in [2.75, 3.05) is 0 Å². The molecule has 0 spiro atoms. The normalized spacial score (nSPS) is 11.4. The van der Waals surface area contributed by atoms with E-state index in [0.29, 0.717) is 20.7 Å². The molecule has 0 atom stereocenters. The molecule has 16 heavy (non-hydrogen) atoms. The van der Waals surface area contributed by atoms with Crippen LogP contribution in [0, 0.1) is 0 Å². The lowest BCUT2D eigenvalue weighted by Crippen LogP contribution is -1.71. The number of hydrogen-bond acceptors (Lipinski definition) is 2. The van der Waals surface area contributed by atoms with E-state index in [2.05, 4.69) is 15.9 Å². The lowest BCUT2D eigenvalue weighted by Gasteiger charge is -1.97. The molecule has 2 aromatic carbocycles. The number of hydrogen-bond donors (Lipinski definition) is 1. The maximum absolute atomic E-state index is 9.64. The van der Waals surface area contributed by atoms with E-state index < -0.39 is 0 Å². The highest BCUT2D eigenvalue weighted by atomic mass is 79.9. The maximum Gasteiger partial charge on any atom is 0.154 e. The van der Waals surface area contributed by atoms with E-state index in [0.717, 1.165) is 10.8 Å². The van der Waals surface area contributed by atoms with Crippen molar-refractivity contribution in [3.63, 3.8) is 0 Å². The van der Waals surface area contributed by atoms with Gasteiger partial charge >= 0.3 is 0 Å². The van der Waals surface area contributed by atoms with Crippen molar-refractivity contribution in [1.82, 2.24) is 0 Å². The number of furan rings is 1. The second kappa shape index (κ2) is 3.40. The number of phenols is 1. The van der Waals surface area contributed by atoms with E-state index in [1.165, 1.54) is 0 Å². The molecule has 0 aliphatic heterocycles. The molecule has 0 aliphatic carbocycles. The van der Waals surface area contributed by atoms with Gasteiger partial charge in [-0.1, -0.05) is 23.7 Å². The molecule has 80 valence electrons. The summed E-state index contributed by atoms with van der Waals surface area (Å²) in [4.78, 5) is 0. The molecule has 1 heterocycles. The van der Waals surface area contributed by atoms with Crippen LogP contribution in [0.4, 0.5) is 0 Å². The Kier molecular flexibility index (Phi) is 2.13. The molecular weight excluding hydrogens is 291 g/mol. The van der Waals surface area contributed by atoms with Gasteiger partial charge in [-0.05, 0) is 34.1 Å². The van der Waals surface area contributed by atoms with E-state index in [4.69, 9.17) is 16.0 Å². The van der Waals surface area contributed by atoms with Crippen LogP contribution < -0.4 is 0 Å². The van der Waals surface area contributed by atoms with Crippen LogP contribution in [0.5, 0.6) is 5.75 Å². The Morgan fingerprint density at radius 3 is 2.81 bits per heavy atom. The van der Waals surface area contributed by atoms with Crippen LogP contribution in [0.2, 0.25) is 5.02 Å². The van der Waals surface area contributed by atoms with Gasteiger partial charge in [-0.2, -0.15) is 0 Å². The summed E-state index contributed by atoms with van der Waals surface area (Å²) in [6, 6.07) is 8.86. The molecule has 0 saturated carbocycles. The number of halogens is 2. The molecule has 1 aromatic heterocycles. The maximum atomic E-state index is 9.64. The van der Waals surface area contributed by atoms with Crippen LogP contribution in [0.1, 0.15) is 0 Å². The minimum absolute atomic E-state index is 0.190. The van der Waals surface area contributed by atoms with Crippen molar-refractivity contribution in [1.29, 1.82) is 0 Å². The van der Waals surface area contributed by atoms with Crippen molar-refractivity contribution in [2.45, 2.75) is 0 Å². The van der Waals surface area contributed by atoms with E-state index in [1.807, 2.05) is 12.1 Å². The molecule has 0 amide bonds. The molecule has 0 aliphatic rings. The molecule has 3 aromatic rings. The number of phenolic OH excluding ortho intramolecular Hbond substituents is 1. The SMILES string of the molecule is Oc1ccc2oc3c(Cl)cccc3c2c1Br. The first kappa shape index (κ1) is 10.00. The number of rotatable bonds is 0. The van der Waals surface area contributed by atoms with Gasteiger partial charge in [-0.15, -0.1) is 0 Å². The molecule has 0 radical (unpaired) electrons. The first-order chi connectivity index (χ1) is 7.68. The van der Waals surface area contributed by atoms with Gasteiger partial charge in [0.1, 0.15) is 11.3 Å². The van der Waals surface area contributed by atoms with E-state index in [-0.39, 0.29) is 5.75 Å². The average Bonchev–Trinajstić information content (AvgIpc) is 2.64. The number of aromatic hydroxyl groups is 1. The predicted molar refractivity (Wildman–Crippen MR) is 68.1 cm³/mol. The summed E-state index contributed by atoms with van der Waals surface area (Å²) in [6.45, 7) is 0. The molecule has 2 nitrogen and oxygen atoms in total. The topological polar surface area (TPSA) is 33.4 Å². The number of para-hydroxylation sites is 1. The van der Waals surface area contributed by atoms with Crippen molar-refractivity contribution >= 4 is 49.5 Å². The Balaban J connectivity index is 2.63. The molecule has 3 rings (SSSR count).